The molecule has 2 heterocycles. The van der Waals surface area contributed by atoms with Crippen LogP contribution in [0.15, 0.2) is 24.3 Å². The normalized spacial score (nSPS) is 18.6. The summed E-state index contributed by atoms with van der Waals surface area (Å²) in [5.74, 6) is -2.98. The van der Waals surface area contributed by atoms with Crippen molar-refractivity contribution in [2.75, 3.05) is 24.5 Å². The van der Waals surface area contributed by atoms with Gasteiger partial charge in [-0.25, -0.2) is 0 Å². The Morgan fingerprint density at radius 3 is 2.39 bits per heavy atom. The van der Waals surface area contributed by atoms with Crippen molar-refractivity contribution in [1.82, 2.24) is 10.2 Å². The molecular formula is C19H22F3N3O3. The fraction of sp³-hybridized carbons (Fsp3) is 0.526. The molecule has 6 nitrogen and oxygen atoms in total. The van der Waals surface area contributed by atoms with Crippen LogP contribution in [0.2, 0.25) is 0 Å². The van der Waals surface area contributed by atoms with E-state index in [1.807, 2.05) is 24.3 Å². The molecule has 0 spiro atoms. The van der Waals surface area contributed by atoms with Gasteiger partial charge in [0.25, 0.3) is 0 Å². The number of nitrogens with zero attached hydrogens (tertiary/aromatic N) is 2. The molecule has 1 N–H and O–H groups in total. The summed E-state index contributed by atoms with van der Waals surface area (Å²) >= 11 is 0. The number of piperidine rings is 1. The Balaban J connectivity index is 1.53. The summed E-state index contributed by atoms with van der Waals surface area (Å²) in [6.45, 7) is 1.90. The number of carbonyl (C=O) groups excluding carboxylic acids is 3. The minimum Gasteiger partial charge on any atom is -0.344 e. The summed E-state index contributed by atoms with van der Waals surface area (Å²) in [6, 6.07) is 6.84. The number of fused-ring (bicyclic) bond motifs is 1. The highest BCUT2D eigenvalue weighted by atomic mass is 19.4. The molecule has 0 unspecified atom stereocenters. The first-order valence-electron chi connectivity index (χ1n) is 9.24. The lowest BCUT2D eigenvalue weighted by molar-refractivity contribution is -0.186. The maximum absolute atomic E-state index is 12.7. The summed E-state index contributed by atoms with van der Waals surface area (Å²) in [5, 5.41) is 2.68. The van der Waals surface area contributed by atoms with Crippen molar-refractivity contribution in [3.05, 3.63) is 29.8 Å². The van der Waals surface area contributed by atoms with Gasteiger partial charge in [-0.2, -0.15) is 13.2 Å². The number of amides is 3. The largest absolute Gasteiger partial charge is 0.471 e. The van der Waals surface area contributed by atoms with Crippen molar-refractivity contribution in [3.63, 3.8) is 0 Å². The van der Waals surface area contributed by atoms with E-state index in [0.29, 0.717) is 6.54 Å². The highest BCUT2D eigenvalue weighted by molar-refractivity contribution is 6.00. The highest BCUT2D eigenvalue weighted by Gasteiger charge is 2.44. The summed E-state index contributed by atoms with van der Waals surface area (Å²) in [5.41, 5.74) is 1.92. The monoisotopic (exact) mass is 397 g/mol. The zero-order chi connectivity index (χ0) is 20.5. The van der Waals surface area contributed by atoms with Crippen LogP contribution in [-0.4, -0.2) is 54.5 Å². The Bertz CT molecular complexity index is 773. The summed E-state index contributed by atoms with van der Waals surface area (Å²) in [4.78, 5) is 38.8. The van der Waals surface area contributed by atoms with Gasteiger partial charge >= 0.3 is 12.1 Å². The first-order chi connectivity index (χ1) is 13.2. The van der Waals surface area contributed by atoms with Crippen molar-refractivity contribution in [3.8, 4) is 0 Å². The number of anilines is 1. The lowest BCUT2D eigenvalue weighted by Gasteiger charge is -2.32. The molecular weight excluding hydrogens is 375 g/mol. The quantitative estimate of drug-likeness (QED) is 0.847. The average Bonchev–Trinajstić information content (AvgIpc) is 3.10. The standard InChI is InChI=1S/C19H22F3N3O3/c1-12(17(27)25-11-8-13-4-2-3-5-15(13)25)23-16(26)14-6-9-24(10-7-14)18(28)19(20,21)22/h2-5,12,14H,6-11H2,1H3,(H,23,26)/t12-/m0/s1. The van der Waals surface area contributed by atoms with Crippen molar-refractivity contribution in [2.24, 2.45) is 5.92 Å². The number of halogens is 3. The molecule has 1 saturated heterocycles. The second kappa shape index (κ2) is 7.81. The van der Waals surface area contributed by atoms with Crippen LogP contribution in [0.4, 0.5) is 18.9 Å². The molecule has 0 aliphatic carbocycles. The van der Waals surface area contributed by atoms with Crippen molar-refractivity contribution in [1.29, 1.82) is 0 Å². The molecule has 1 aromatic rings. The zero-order valence-corrected chi connectivity index (χ0v) is 15.5. The van der Waals surface area contributed by atoms with E-state index in [-0.39, 0.29) is 37.7 Å². The fourth-order valence-electron chi connectivity index (χ4n) is 3.72. The highest BCUT2D eigenvalue weighted by Crippen LogP contribution is 2.28. The molecule has 9 heteroatoms. The van der Waals surface area contributed by atoms with E-state index in [1.54, 1.807) is 11.8 Å². The van der Waals surface area contributed by atoms with E-state index in [0.717, 1.165) is 22.6 Å². The molecule has 3 amide bonds. The van der Waals surface area contributed by atoms with E-state index >= 15 is 0 Å². The number of hydrogen-bond acceptors (Lipinski definition) is 3. The summed E-state index contributed by atoms with van der Waals surface area (Å²) < 4.78 is 37.5. The van der Waals surface area contributed by atoms with Gasteiger partial charge in [-0.15, -0.1) is 0 Å². The predicted molar refractivity (Wildman–Crippen MR) is 95.5 cm³/mol. The third kappa shape index (κ3) is 4.13. The van der Waals surface area contributed by atoms with Crippen molar-refractivity contribution < 1.29 is 27.6 Å². The maximum Gasteiger partial charge on any atom is 0.471 e. The van der Waals surface area contributed by atoms with Gasteiger partial charge in [-0.05, 0) is 37.8 Å². The van der Waals surface area contributed by atoms with Crippen LogP contribution in [0.1, 0.15) is 25.3 Å². The lowest BCUT2D eigenvalue weighted by atomic mass is 9.95. The average molecular weight is 397 g/mol. The topological polar surface area (TPSA) is 69.7 Å². The molecule has 0 saturated carbocycles. The van der Waals surface area contributed by atoms with Gasteiger partial charge in [-0.1, -0.05) is 18.2 Å². The van der Waals surface area contributed by atoms with Gasteiger partial charge < -0.3 is 15.1 Å². The number of likely N-dealkylation sites (tertiary alicyclic amines) is 1. The summed E-state index contributed by atoms with van der Waals surface area (Å²) in [6.07, 6.45) is -3.86. The van der Waals surface area contributed by atoms with Crippen LogP contribution in [0.5, 0.6) is 0 Å². The van der Waals surface area contributed by atoms with E-state index < -0.39 is 24.0 Å². The van der Waals surface area contributed by atoms with Crippen LogP contribution < -0.4 is 10.2 Å². The Labute approximate surface area is 160 Å². The Hall–Kier alpha value is -2.58. The second-order valence-corrected chi connectivity index (χ2v) is 7.16. The number of rotatable bonds is 3. The smallest absolute Gasteiger partial charge is 0.344 e. The van der Waals surface area contributed by atoms with Crippen LogP contribution in [0.25, 0.3) is 0 Å². The van der Waals surface area contributed by atoms with E-state index in [9.17, 15) is 27.6 Å². The molecule has 1 atom stereocenters. The van der Waals surface area contributed by atoms with Gasteiger partial charge in [0, 0.05) is 31.2 Å². The number of carbonyl (C=O) groups is 3. The second-order valence-electron chi connectivity index (χ2n) is 7.16. The van der Waals surface area contributed by atoms with Gasteiger partial charge in [0.2, 0.25) is 11.8 Å². The van der Waals surface area contributed by atoms with E-state index in [2.05, 4.69) is 5.32 Å². The van der Waals surface area contributed by atoms with E-state index in [1.165, 1.54) is 0 Å². The fourth-order valence-corrected chi connectivity index (χ4v) is 3.72. The molecule has 0 radical (unpaired) electrons. The number of para-hydroxylation sites is 1. The van der Waals surface area contributed by atoms with Crippen molar-refractivity contribution >= 4 is 23.4 Å². The molecule has 0 aromatic heterocycles. The SMILES string of the molecule is C[C@H](NC(=O)C1CCN(C(=O)C(F)(F)F)CC1)C(=O)N1CCc2ccccc21. The Morgan fingerprint density at radius 1 is 1.11 bits per heavy atom. The van der Waals surface area contributed by atoms with E-state index in [4.69, 9.17) is 0 Å². The van der Waals surface area contributed by atoms with Gasteiger partial charge in [0.15, 0.2) is 0 Å². The molecule has 28 heavy (non-hydrogen) atoms. The first-order valence-corrected chi connectivity index (χ1v) is 9.24. The van der Waals surface area contributed by atoms with Crippen LogP contribution in [0.3, 0.4) is 0 Å². The number of alkyl halides is 3. The Morgan fingerprint density at radius 2 is 1.75 bits per heavy atom. The van der Waals surface area contributed by atoms with Gasteiger partial charge in [0.1, 0.15) is 6.04 Å². The molecule has 2 aliphatic rings. The molecule has 2 aliphatic heterocycles. The van der Waals surface area contributed by atoms with Crippen molar-refractivity contribution in [2.45, 2.75) is 38.4 Å². The Kier molecular flexibility index (Phi) is 5.62. The molecule has 152 valence electrons. The van der Waals surface area contributed by atoms with Crippen LogP contribution >= 0.6 is 0 Å². The first kappa shape index (κ1) is 20.2. The maximum atomic E-state index is 12.7. The predicted octanol–water partition coefficient (Wildman–Crippen LogP) is 1.88. The number of hydrogen-bond donors (Lipinski definition) is 1. The molecule has 1 fully saturated rings. The number of nitrogens with one attached hydrogen (secondary N) is 1. The molecule has 1 aromatic carbocycles. The van der Waals surface area contributed by atoms with Crippen LogP contribution in [-0.2, 0) is 20.8 Å². The third-order valence-corrected chi connectivity index (χ3v) is 5.28. The number of benzene rings is 1. The molecule has 0 bridgehead atoms. The van der Waals surface area contributed by atoms with Crippen LogP contribution in [0, 0.1) is 5.92 Å². The minimum absolute atomic E-state index is 0.127. The zero-order valence-electron chi connectivity index (χ0n) is 15.5. The minimum atomic E-state index is -4.90. The lowest BCUT2D eigenvalue weighted by Crippen LogP contribution is -2.51. The van der Waals surface area contributed by atoms with Gasteiger partial charge in [-0.3, -0.25) is 14.4 Å². The summed E-state index contributed by atoms with van der Waals surface area (Å²) in [7, 11) is 0. The molecule has 3 rings (SSSR count). The third-order valence-electron chi connectivity index (χ3n) is 5.28. The van der Waals surface area contributed by atoms with Gasteiger partial charge in [0.05, 0.1) is 0 Å².